The minimum Gasteiger partial charge on any atom is -0.378 e. The Kier molecular flexibility index (Phi) is 5.26. The summed E-state index contributed by atoms with van der Waals surface area (Å²) in [6.07, 6.45) is 5.28. The van der Waals surface area contributed by atoms with Gasteiger partial charge in [-0.1, -0.05) is 13.8 Å². The minimum absolute atomic E-state index is 0.669. The van der Waals surface area contributed by atoms with Gasteiger partial charge >= 0.3 is 0 Å². The fraction of sp³-hybridized carbons (Fsp3) is 1.00. The third-order valence-electron chi connectivity index (χ3n) is 4.38. The standard InChI is InChI=1S/C14H28N2O/c1-3-7-15-10-12-5-6-14(12)16-8-9-17-11-13(16)4-2/h12-15H,3-11H2,1-2H3. The molecule has 1 heterocycles. The molecule has 3 nitrogen and oxygen atoms in total. The number of hydrogen-bond donors (Lipinski definition) is 1. The van der Waals surface area contributed by atoms with Crippen LogP contribution >= 0.6 is 0 Å². The Morgan fingerprint density at radius 3 is 2.82 bits per heavy atom. The van der Waals surface area contributed by atoms with E-state index in [-0.39, 0.29) is 0 Å². The van der Waals surface area contributed by atoms with Crippen LogP contribution in [0.25, 0.3) is 0 Å². The van der Waals surface area contributed by atoms with Crippen molar-refractivity contribution in [1.29, 1.82) is 0 Å². The van der Waals surface area contributed by atoms with Gasteiger partial charge < -0.3 is 10.1 Å². The first-order valence-corrected chi connectivity index (χ1v) is 7.41. The van der Waals surface area contributed by atoms with Crippen LogP contribution in [0.2, 0.25) is 0 Å². The summed E-state index contributed by atoms with van der Waals surface area (Å²) in [6.45, 7) is 9.93. The smallest absolute Gasteiger partial charge is 0.0622 e. The Labute approximate surface area is 106 Å². The van der Waals surface area contributed by atoms with E-state index in [1.54, 1.807) is 0 Å². The summed E-state index contributed by atoms with van der Waals surface area (Å²) in [5.41, 5.74) is 0. The van der Waals surface area contributed by atoms with E-state index in [2.05, 4.69) is 24.1 Å². The molecule has 0 bridgehead atoms. The zero-order valence-corrected chi connectivity index (χ0v) is 11.5. The summed E-state index contributed by atoms with van der Waals surface area (Å²) in [6, 6.07) is 1.50. The second kappa shape index (κ2) is 6.72. The SMILES string of the molecule is CCCNCC1CCC1N1CCOCC1CC. The van der Waals surface area contributed by atoms with Crippen molar-refractivity contribution in [2.75, 3.05) is 32.8 Å². The van der Waals surface area contributed by atoms with E-state index < -0.39 is 0 Å². The van der Waals surface area contributed by atoms with E-state index in [0.29, 0.717) is 6.04 Å². The van der Waals surface area contributed by atoms with Crippen molar-refractivity contribution < 1.29 is 4.74 Å². The fourth-order valence-electron chi connectivity index (χ4n) is 3.15. The maximum atomic E-state index is 5.60. The molecule has 0 radical (unpaired) electrons. The van der Waals surface area contributed by atoms with Crippen LogP contribution in [0, 0.1) is 5.92 Å². The van der Waals surface area contributed by atoms with Crippen molar-refractivity contribution in [3.63, 3.8) is 0 Å². The monoisotopic (exact) mass is 240 g/mol. The summed E-state index contributed by atoms with van der Waals surface area (Å²) >= 11 is 0. The predicted molar refractivity (Wildman–Crippen MR) is 71.3 cm³/mol. The minimum atomic E-state index is 0.669. The summed E-state index contributed by atoms with van der Waals surface area (Å²) in [5, 5.41) is 3.58. The van der Waals surface area contributed by atoms with Crippen LogP contribution in [0.15, 0.2) is 0 Å². The Hall–Kier alpha value is -0.120. The molecule has 0 aromatic rings. The van der Waals surface area contributed by atoms with Crippen LogP contribution < -0.4 is 5.32 Å². The molecule has 0 amide bonds. The van der Waals surface area contributed by atoms with Gasteiger partial charge in [-0.05, 0) is 44.7 Å². The first-order valence-electron chi connectivity index (χ1n) is 7.41. The molecule has 3 heteroatoms. The number of nitrogens with zero attached hydrogens (tertiary/aromatic N) is 1. The normalized spacial score (nSPS) is 34.6. The number of nitrogens with one attached hydrogen (secondary N) is 1. The zero-order chi connectivity index (χ0) is 12.1. The Morgan fingerprint density at radius 2 is 2.18 bits per heavy atom. The lowest BCUT2D eigenvalue weighted by molar-refractivity contribution is -0.0657. The first-order chi connectivity index (χ1) is 8.36. The molecule has 100 valence electrons. The van der Waals surface area contributed by atoms with Gasteiger partial charge in [0, 0.05) is 18.6 Å². The lowest BCUT2D eigenvalue weighted by Gasteiger charge is -2.49. The maximum Gasteiger partial charge on any atom is 0.0622 e. The number of rotatable bonds is 6. The van der Waals surface area contributed by atoms with Gasteiger partial charge in [0.1, 0.15) is 0 Å². The molecule has 3 atom stereocenters. The van der Waals surface area contributed by atoms with Crippen molar-refractivity contribution in [2.45, 2.75) is 51.6 Å². The lowest BCUT2D eigenvalue weighted by Crippen LogP contribution is -2.58. The highest BCUT2D eigenvalue weighted by Crippen LogP contribution is 2.34. The Bertz CT molecular complexity index is 222. The van der Waals surface area contributed by atoms with E-state index in [4.69, 9.17) is 4.74 Å². The van der Waals surface area contributed by atoms with Crippen LogP contribution in [0.1, 0.15) is 39.5 Å². The number of morpholine rings is 1. The van der Waals surface area contributed by atoms with Crippen molar-refractivity contribution in [1.82, 2.24) is 10.2 Å². The van der Waals surface area contributed by atoms with Gasteiger partial charge in [-0.2, -0.15) is 0 Å². The third kappa shape index (κ3) is 3.21. The van der Waals surface area contributed by atoms with Gasteiger partial charge in [-0.3, -0.25) is 4.90 Å². The molecule has 0 aromatic heterocycles. The molecule has 2 rings (SSSR count). The predicted octanol–water partition coefficient (Wildman–Crippen LogP) is 1.88. The van der Waals surface area contributed by atoms with Crippen LogP contribution in [0.4, 0.5) is 0 Å². The largest absolute Gasteiger partial charge is 0.378 e. The molecule has 1 aliphatic heterocycles. The molecule has 0 aromatic carbocycles. The molecule has 2 fully saturated rings. The van der Waals surface area contributed by atoms with Gasteiger partial charge in [0.2, 0.25) is 0 Å². The highest BCUT2D eigenvalue weighted by molar-refractivity contribution is 4.93. The fourth-order valence-corrected chi connectivity index (χ4v) is 3.15. The molecule has 17 heavy (non-hydrogen) atoms. The molecule has 0 spiro atoms. The molecule has 1 N–H and O–H groups in total. The quantitative estimate of drug-likeness (QED) is 0.717. The first kappa shape index (κ1) is 13.3. The van der Waals surface area contributed by atoms with Crippen LogP contribution in [-0.2, 0) is 4.74 Å². The van der Waals surface area contributed by atoms with Crippen molar-refractivity contribution >= 4 is 0 Å². The summed E-state index contributed by atoms with van der Waals surface area (Å²) in [5.74, 6) is 0.883. The molecule has 1 saturated carbocycles. The average Bonchev–Trinajstić information content (AvgIpc) is 2.34. The Balaban J connectivity index is 1.79. The summed E-state index contributed by atoms with van der Waals surface area (Å²) in [4.78, 5) is 2.73. The molecule has 2 aliphatic rings. The van der Waals surface area contributed by atoms with Crippen LogP contribution in [0.5, 0.6) is 0 Å². The van der Waals surface area contributed by atoms with Gasteiger partial charge in [0.15, 0.2) is 0 Å². The van der Waals surface area contributed by atoms with Crippen LogP contribution in [0.3, 0.4) is 0 Å². The average molecular weight is 240 g/mol. The third-order valence-corrected chi connectivity index (χ3v) is 4.38. The lowest BCUT2D eigenvalue weighted by atomic mass is 9.77. The topological polar surface area (TPSA) is 24.5 Å². The van der Waals surface area contributed by atoms with E-state index in [1.807, 2.05) is 0 Å². The number of hydrogen-bond acceptors (Lipinski definition) is 3. The van der Waals surface area contributed by atoms with Gasteiger partial charge in [-0.25, -0.2) is 0 Å². The van der Waals surface area contributed by atoms with E-state index >= 15 is 0 Å². The summed E-state index contributed by atoms with van der Waals surface area (Å²) in [7, 11) is 0. The highest BCUT2D eigenvalue weighted by Gasteiger charge is 2.38. The van der Waals surface area contributed by atoms with Gasteiger partial charge in [-0.15, -0.1) is 0 Å². The molecule has 1 saturated heterocycles. The summed E-state index contributed by atoms with van der Waals surface area (Å²) < 4.78 is 5.60. The van der Waals surface area contributed by atoms with Crippen LogP contribution in [-0.4, -0.2) is 49.8 Å². The zero-order valence-electron chi connectivity index (χ0n) is 11.5. The van der Waals surface area contributed by atoms with Crippen molar-refractivity contribution in [3.8, 4) is 0 Å². The van der Waals surface area contributed by atoms with Gasteiger partial charge in [0.05, 0.1) is 13.2 Å². The van der Waals surface area contributed by atoms with Crippen molar-refractivity contribution in [2.24, 2.45) is 5.92 Å². The van der Waals surface area contributed by atoms with E-state index in [9.17, 15) is 0 Å². The Morgan fingerprint density at radius 1 is 1.29 bits per heavy atom. The molecular weight excluding hydrogens is 212 g/mol. The maximum absolute atomic E-state index is 5.60. The molecule has 1 aliphatic carbocycles. The number of ether oxygens (including phenoxy) is 1. The van der Waals surface area contributed by atoms with Crippen molar-refractivity contribution in [3.05, 3.63) is 0 Å². The van der Waals surface area contributed by atoms with E-state index in [0.717, 1.165) is 31.7 Å². The second-order valence-electron chi connectivity index (χ2n) is 5.48. The highest BCUT2D eigenvalue weighted by atomic mass is 16.5. The molecule has 3 unspecified atom stereocenters. The van der Waals surface area contributed by atoms with Gasteiger partial charge in [0.25, 0.3) is 0 Å². The molecular formula is C14H28N2O. The van der Waals surface area contributed by atoms with E-state index in [1.165, 1.54) is 38.8 Å². The second-order valence-corrected chi connectivity index (χ2v) is 5.48.